The standard InChI is InChI=1S/C18H21N3O3S/c1-13-8-9-16(14(2)10-13)12-19-20-18(22)15-6-5-7-17(11-15)25(23,24)21(3)4/h5-12H,1-4H3,(H,20,22)/b19-12-. The number of carbonyl (C=O) groups is 1. The molecule has 0 fully saturated rings. The van der Waals surface area contributed by atoms with E-state index in [1.54, 1.807) is 6.21 Å². The average molecular weight is 359 g/mol. The molecule has 1 N–H and O–H groups in total. The van der Waals surface area contributed by atoms with Gasteiger partial charge in [-0.25, -0.2) is 18.1 Å². The summed E-state index contributed by atoms with van der Waals surface area (Å²) in [7, 11) is -0.710. The zero-order valence-corrected chi connectivity index (χ0v) is 15.5. The number of benzene rings is 2. The first-order chi connectivity index (χ1) is 11.7. The molecule has 0 saturated carbocycles. The second-order valence-corrected chi connectivity index (χ2v) is 8.03. The van der Waals surface area contributed by atoms with E-state index in [1.165, 1.54) is 38.4 Å². The topological polar surface area (TPSA) is 78.8 Å². The van der Waals surface area contributed by atoms with Gasteiger partial charge < -0.3 is 0 Å². The van der Waals surface area contributed by atoms with E-state index >= 15 is 0 Å². The summed E-state index contributed by atoms with van der Waals surface area (Å²) in [6.07, 6.45) is 1.56. The molecule has 0 atom stereocenters. The molecule has 25 heavy (non-hydrogen) atoms. The molecule has 0 radical (unpaired) electrons. The SMILES string of the molecule is Cc1ccc(/C=N\NC(=O)c2cccc(S(=O)(=O)N(C)C)c2)c(C)c1. The van der Waals surface area contributed by atoms with E-state index in [0.29, 0.717) is 0 Å². The third-order valence-corrected chi connectivity index (χ3v) is 5.48. The van der Waals surface area contributed by atoms with Gasteiger partial charge in [0.05, 0.1) is 11.1 Å². The summed E-state index contributed by atoms with van der Waals surface area (Å²) in [5, 5.41) is 3.95. The van der Waals surface area contributed by atoms with E-state index in [1.807, 2.05) is 32.0 Å². The molecule has 0 aliphatic carbocycles. The van der Waals surface area contributed by atoms with E-state index in [9.17, 15) is 13.2 Å². The van der Waals surface area contributed by atoms with Crippen LogP contribution < -0.4 is 5.43 Å². The van der Waals surface area contributed by atoms with Gasteiger partial charge in [0, 0.05) is 19.7 Å². The smallest absolute Gasteiger partial charge is 0.267 e. The summed E-state index contributed by atoms with van der Waals surface area (Å²) in [6.45, 7) is 3.97. The summed E-state index contributed by atoms with van der Waals surface area (Å²) in [5.41, 5.74) is 5.74. The first-order valence-corrected chi connectivity index (χ1v) is 9.09. The van der Waals surface area contributed by atoms with Gasteiger partial charge in [0.1, 0.15) is 0 Å². The second-order valence-electron chi connectivity index (χ2n) is 5.87. The van der Waals surface area contributed by atoms with Crippen molar-refractivity contribution < 1.29 is 13.2 Å². The molecule has 7 heteroatoms. The lowest BCUT2D eigenvalue weighted by Gasteiger charge is -2.11. The maximum Gasteiger partial charge on any atom is 0.271 e. The number of hydrogen-bond acceptors (Lipinski definition) is 4. The average Bonchev–Trinajstić information content (AvgIpc) is 2.56. The van der Waals surface area contributed by atoms with Crippen molar-refractivity contribution in [3.8, 4) is 0 Å². The van der Waals surface area contributed by atoms with Crippen LogP contribution in [0.15, 0.2) is 52.5 Å². The Labute approximate surface area is 148 Å². The Morgan fingerprint density at radius 1 is 1.12 bits per heavy atom. The van der Waals surface area contributed by atoms with Gasteiger partial charge in [0.25, 0.3) is 5.91 Å². The molecule has 2 aromatic rings. The molecule has 0 aromatic heterocycles. The Bertz CT molecular complexity index is 919. The minimum Gasteiger partial charge on any atom is -0.267 e. The molecule has 0 saturated heterocycles. The van der Waals surface area contributed by atoms with Crippen LogP contribution in [0.25, 0.3) is 0 Å². The molecule has 0 bridgehead atoms. The minimum atomic E-state index is -3.59. The fraction of sp³-hybridized carbons (Fsp3) is 0.222. The van der Waals surface area contributed by atoms with Crippen LogP contribution in [0.4, 0.5) is 0 Å². The highest BCUT2D eigenvalue weighted by Crippen LogP contribution is 2.15. The molecule has 2 aromatic carbocycles. The van der Waals surface area contributed by atoms with E-state index in [2.05, 4.69) is 10.5 Å². The Hall–Kier alpha value is -2.51. The van der Waals surface area contributed by atoms with Crippen LogP contribution in [0, 0.1) is 13.8 Å². The lowest BCUT2D eigenvalue weighted by molar-refractivity contribution is 0.0955. The zero-order chi connectivity index (χ0) is 18.6. The number of nitrogens with one attached hydrogen (secondary N) is 1. The summed E-state index contributed by atoms with van der Waals surface area (Å²) in [5.74, 6) is -0.475. The fourth-order valence-electron chi connectivity index (χ4n) is 2.20. The normalized spacial score (nSPS) is 11.9. The third kappa shape index (κ3) is 4.52. The van der Waals surface area contributed by atoms with Gasteiger partial charge >= 0.3 is 0 Å². The lowest BCUT2D eigenvalue weighted by Crippen LogP contribution is -2.23. The van der Waals surface area contributed by atoms with Crippen molar-refractivity contribution >= 4 is 22.1 Å². The molecule has 0 aliphatic rings. The number of amides is 1. The van der Waals surface area contributed by atoms with Crippen LogP contribution in [0.1, 0.15) is 27.0 Å². The molecule has 0 unspecified atom stereocenters. The van der Waals surface area contributed by atoms with Gasteiger partial charge in [-0.1, -0.05) is 29.8 Å². The Morgan fingerprint density at radius 3 is 2.48 bits per heavy atom. The van der Waals surface area contributed by atoms with Gasteiger partial charge in [0.2, 0.25) is 10.0 Å². The fourth-order valence-corrected chi connectivity index (χ4v) is 3.15. The number of hydrazone groups is 1. The zero-order valence-electron chi connectivity index (χ0n) is 14.6. The number of rotatable bonds is 5. The highest BCUT2D eigenvalue weighted by atomic mass is 32.2. The second kappa shape index (κ2) is 7.58. The van der Waals surface area contributed by atoms with Gasteiger partial charge in [-0.05, 0) is 43.2 Å². The van der Waals surface area contributed by atoms with Crippen LogP contribution in [0.3, 0.4) is 0 Å². The number of sulfonamides is 1. The van der Waals surface area contributed by atoms with Gasteiger partial charge in [0.15, 0.2) is 0 Å². The lowest BCUT2D eigenvalue weighted by atomic mass is 10.1. The molecule has 0 spiro atoms. The Morgan fingerprint density at radius 2 is 1.84 bits per heavy atom. The molecule has 1 amide bonds. The maximum atomic E-state index is 12.2. The van der Waals surface area contributed by atoms with Crippen LogP contribution >= 0.6 is 0 Å². The monoisotopic (exact) mass is 359 g/mol. The van der Waals surface area contributed by atoms with Crippen molar-refractivity contribution in [1.82, 2.24) is 9.73 Å². The van der Waals surface area contributed by atoms with Crippen molar-refractivity contribution in [3.05, 3.63) is 64.7 Å². The summed E-state index contributed by atoms with van der Waals surface area (Å²) >= 11 is 0. The van der Waals surface area contributed by atoms with Crippen LogP contribution in [0.5, 0.6) is 0 Å². The molecular formula is C18H21N3O3S. The van der Waals surface area contributed by atoms with Crippen LogP contribution in [-0.4, -0.2) is 38.9 Å². The van der Waals surface area contributed by atoms with Crippen LogP contribution in [-0.2, 0) is 10.0 Å². The maximum absolute atomic E-state index is 12.2. The number of hydrogen-bond donors (Lipinski definition) is 1. The van der Waals surface area contributed by atoms with Crippen molar-refractivity contribution in [2.45, 2.75) is 18.7 Å². The molecule has 132 valence electrons. The van der Waals surface area contributed by atoms with Crippen molar-refractivity contribution in [3.63, 3.8) is 0 Å². The quantitative estimate of drug-likeness (QED) is 0.657. The Kier molecular flexibility index (Phi) is 5.71. The number of aryl methyl sites for hydroxylation is 2. The van der Waals surface area contributed by atoms with E-state index in [0.717, 1.165) is 21.0 Å². The summed E-state index contributed by atoms with van der Waals surface area (Å²) in [6, 6.07) is 11.8. The molecule has 6 nitrogen and oxygen atoms in total. The van der Waals surface area contributed by atoms with Gasteiger partial charge in [-0.2, -0.15) is 5.10 Å². The van der Waals surface area contributed by atoms with E-state index in [-0.39, 0.29) is 10.5 Å². The van der Waals surface area contributed by atoms with Crippen LogP contribution in [0.2, 0.25) is 0 Å². The first kappa shape index (κ1) is 18.8. The van der Waals surface area contributed by atoms with Crippen molar-refractivity contribution in [2.75, 3.05) is 14.1 Å². The van der Waals surface area contributed by atoms with Crippen molar-refractivity contribution in [2.24, 2.45) is 5.10 Å². The largest absolute Gasteiger partial charge is 0.271 e. The number of carbonyl (C=O) groups excluding carboxylic acids is 1. The van der Waals surface area contributed by atoms with Crippen molar-refractivity contribution in [1.29, 1.82) is 0 Å². The minimum absolute atomic E-state index is 0.0588. The molecule has 2 rings (SSSR count). The van der Waals surface area contributed by atoms with E-state index < -0.39 is 15.9 Å². The first-order valence-electron chi connectivity index (χ1n) is 7.65. The predicted molar refractivity (Wildman–Crippen MR) is 98.3 cm³/mol. The highest BCUT2D eigenvalue weighted by molar-refractivity contribution is 7.89. The molecular weight excluding hydrogens is 338 g/mol. The van der Waals surface area contributed by atoms with E-state index in [4.69, 9.17) is 0 Å². The number of nitrogens with zero attached hydrogens (tertiary/aromatic N) is 2. The Balaban J connectivity index is 2.15. The highest BCUT2D eigenvalue weighted by Gasteiger charge is 2.18. The summed E-state index contributed by atoms with van der Waals surface area (Å²) < 4.78 is 25.4. The molecule has 0 aliphatic heterocycles. The van der Waals surface area contributed by atoms with Gasteiger partial charge in [-0.15, -0.1) is 0 Å². The molecule has 0 heterocycles. The predicted octanol–water partition coefficient (Wildman–Crippen LogP) is 2.32. The van der Waals surface area contributed by atoms with Gasteiger partial charge in [-0.3, -0.25) is 4.79 Å². The summed E-state index contributed by atoms with van der Waals surface area (Å²) in [4.78, 5) is 12.2. The third-order valence-electron chi connectivity index (χ3n) is 3.67.